The van der Waals surface area contributed by atoms with E-state index in [-0.39, 0.29) is 12.5 Å². The second kappa shape index (κ2) is 7.43. The molecule has 0 aliphatic rings. The Morgan fingerprint density at radius 2 is 1.79 bits per heavy atom. The van der Waals surface area contributed by atoms with Gasteiger partial charge in [0.05, 0.1) is 17.1 Å². The van der Waals surface area contributed by atoms with Gasteiger partial charge in [-0.3, -0.25) is 4.79 Å². The highest BCUT2D eigenvalue weighted by Crippen LogP contribution is 2.24. The van der Waals surface area contributed by atoms with E-state index in [0.717, 1.165) is 15.8 Å². The Labute approximate surface area is 157 Å². The highest BCUT2D eigenvalue weighted by molar-refractivity contribution is 9.10. The van der Waals surface area contributed by atoms with Crippen LogP contribution < -0.4 is 5.32 Å². The maximum atomic E-state index is 12.2. The molecule has 0 unspecified atom stereocenters. The Kier molecular flexibility index (Phi) is 5.29. The molecule has 0 bridgehead atoms. The topological polar surface area (TPSA) is 42.2 Å². The van der Waals surface area contributed by atoms with Crippen LogP contribution in [-0.2, 0) is 6.54 Å². The van der Waals surface area contributed by atoms with E-state index in [1.54, 1.807) is 12.1 Å². The fourth-order valence-electron chi connectivity index (χ4n) is 2.18. The first-order valence-corrected chi connectivity index (χ1v) is 8.66. The van der Waals surface area contributed by atoms with E-state index in [2.05, 4.69) is 21.2 Å². The zero-order valence-corrected chi connectivity index (χ0v) is 15.5. The molecule has 3 aromatic rings. The number of rotatable bonds is 4. The second-order valence-corrected chi connectivity index (χ2v) is 6.84. The Hall–Kier alpha value is -1.75. The highest BCUT2D eigenvalue weighted by atomic mass is 79.9. The van der Waals surface area contributed by atoms with Gasteiger partial charge in [-0.2, -0.15) is 0 Å². The third-order valence-electron chi connectivity index (χ3n) is 3.39. The van der Waals surface area contributed by atoms with Crippen LogP contribution in [0.4, 0.5) is 0 Å². The molecule has 1 amide bonds. The number of carbonyl (C=O) groups excluding carboxylic acids is 1. The first-order chi connectivity index (χ1) is 11.5. The summed E-state index contributed by atoms with van der Waals surface area (Å²) in [4.78, 5) is 12.2. The molecule has 0 saturated heterocycles. The molecule has 0 fully saturated rings. The molecule has 1 heterocycles. The quantitative estimate of drug-likeness (QED) is 0.562. The van der Waals surface area contributed by atoms with Gasteiger partial charge >= 0.3 is 0 Å². The number of nitrogens with one attached hydrogen (secondary N) is 1. The molecular weight excluding hydrogens is 413 g/mol. The number of amides is 1. The van der Waals surface area contributed by atoms with Crippen molar-refractivity contribution in [3.05, 3.63) is 80.4 Å². The van der Waals surface area contributed by atoms with E-state index in [1.807, 2.05) is 36.4 Å². The molecule has 122 valence electrons. The summed E-state index contributed by atoms with van der Waals surface area (Å²) in [5.74, 6) is 1.09. The normalized spacial score (nSPS) is 10.6. The lowest BCUT2D eigenvalue weighted by Crippen LogP contribution is -2.22. The van der Waals surface area contributed by atoms with Crippen molar-refractivity contribution in [3.8, 4) is 11.3 Å². The molecule has 2 aromatic carbocycles. The van der Waals surface area contributed by atoms with Crippen LogP contribution in [-0.4, -0.2) is 5.91 Å². The maximum Gasteiger partial charge on any atom is 0.253 e. The molecule has 1 aromatic heterocycles. The molecule has 0 saturated carbocycles. The van der Waals surface area contributed by atoms with Gasteiger partial charge in [0.25, 0.3) is 5.91 Å². The van der Waals surface area contributed by atoms with Crippen molar-refractivity contribution in [3.63, 3.8) is 0 Å². The van der Waals surface area contributed by atoms with Crippen LogP contribution in [0.3, 0.4) is 0 Å². The predicted octanol–water partition coefficient (Wildman–Crippen LogP) is 5.95. The van der Waals surface area contributed by atoms with Gasteiger partial charge in [-0.15, -0.1) is 0 Å². The molecule has 1 N–H and O–H groups in total. The molecule has 0 spiro atoms. The minimum Gasteiger partial charge on any atom is -0.459 e. The number of benzene rings is 2. The zero-order chi connectivity index (χ0) is 17.1. The van der Waals surface area contributed by atoms with Gasteiger partial charge in [-0.1, -0.05) is 51.3 Å². The van der Waals surface area contributed by atoms with E-state index in [0.29, 0.717) is 21.4 Å². The predicted molar refractivity (Wildman–Crippen MR) is 99.5 cm³/mol. The van der Waals surface area contributed by atoms with E-state index in [9.17, 15) is 4.79 Å². The molecule has 0 radical (unpaired) electrons. The molecular formula is C18H12BrCl2NO2. The van der Waals surface area contributed by atoms with E-state index in [4.69, 9.17) is 27.6 Å². The van der Waals surface area contributed by atoms with Crippen LogP contribution in [0.1, 0.15) is 16.1 Å². The van der Waals surface area contributed by atoms with Crippen molar-refractivity contribution in [2.24, 2.45) is 0 Å². The molecule has 24 heavy (non-hydrogen) atoms. The summed E-state index contributed by atoms with van der Waals surface area (Å²) in [6.07, 6.45) is 0. The minimum absolute atomic E-state index is 0.262. The van der Waals surface area contributed by atoms with Crippen molar-refractivity contribution in [1.29, 1.82) is 0 Å². The summed E-state index contributed by atoms with van der Waals surface area (Å²) < 4.78 is 6.76. The average molecular weight is 425 g/mol. The van der Waals surface area contributed by atoms with Gasteiger partial charge in [-0.05, 0) is 42.5 Å². The monoisotopic (exact) mass is 423 g/mol. The summed E-state index contributed by atoms with van der Waals surface area (Å²) in [6.45, 7) is 0.262. The minimum atomic E-state index is -0.302. The van der Waals surface area contributed by atoms with Crippen LogP contribution in [0.25, 0.3) is 11.3 Å². The van der Waals surface area contributed by atoms with Crippen molar-refractivity contribution in [1.82, 2.24) is 5.32 Å². The number of furan rings is 1. The van der Waals surface area contributed by atoms with Crippen LogP contribution in [0.15, 0.2) is 63.5 Å². The summed E-state index contributed by atoms with van der Waals surface area (Å²) in [7, 11) is 0. The van der Waals surface area contributed by atoms with Crippen LogP contribution in [0.2, 0.25) is 10.0 Å². The fourth-order valence-corrected chi connectivity index (χ4v) is 2.82. The van der Waals surface area contributed by atoms with Crippen LogP contribution in [0.5, 0.6) is 0 Å². The molecule has 3 rings (SSSR count). The third kappa shape index (κ3) is 4.01. The van der Waals surface area contributed by atoms with Crippen LogP contribution >= 0.6 is 39.1 Å². The SMILES string of the molecule is O=C(NCc1ccc(-c2ccc(Br)cc2)o1)c1cc(Cl)ccc1Cl. The van der Waals surface area contributed by atoms with Gasteiger partial charge in [0.2, 0.25) is 0 Å². The van der Waals surface area contributed by atoms with Crippen LogP contribution in [0, 0.1) is 0 Å². The molecule has 0 aliphatic carbocycles. The number of hydrogen-bond donors (Lipinski definition) is 1. The van der Waals surface area contributed by atoms with Gasteiger partial charge in [-0.25, -0.2) is 0 Å². The zero-order valence-electron chi connectivity index (χ0n) is 12.4. The lowest BCUT2D eigenvalue weighted by atomic mass is 10.2. The second-order valence-electron chi connectivity index (χ2n) is 5.08. The molecule has 0 aliphatic heterocycles. The summed E-state index contributed by atoms with van der Waals surface area (Å²) >= 11 is 15.3. The Balaban J connectivity index is 1.68. The fraction of sp³-hybridized carbons (Fsp3) is 0.0556. The standard InChI is InChI=1S/C18H12BrCl2NO2/c19-12-3-1-11(2-4-12)17-8-6-14(24-17)10-22-18(23)15-9-13(20)5-7-16(15)21/h1-9H,10H2,(H,22,23). The van der Waals surface area contributed by atoms with Crippen molar-refractivity contribution in [2.45, 2.75) is 6.54 Å². The lowest BCUT2D eigenvalue weighted by molar-refractivity contribution is 0.0948. The molecule has 0 atom stereocenters. The highest BCUT2D eigenvalue weighted by Gasteiger charge is 2.12. The number of hydrogen-bond acceptors (Lipinski definition) is 2. The van der Waals surface area contributed by atoms with Gasteiger partial charge in [0.15, 0.2) is 0 Å². The summed E-state index contributed by atoms with van der Waals surface area (Å²) in [5, 5.41) is 3.59. The van der Waals surface area contributed by atoms with Crippen molar-refractivity contribution in [2.75, 3.05) is 0 Å². The van der Waals surface area contributed by atoms with E-state index in [1.165, 1.54) is 6.07 Å². The number of carbonyl (C=O) groups is 1. The first kappa shape index (κ1) is 17.1. The van der Waals surface area contributed by atoms with Gasteiger partial charge in [0, 0.05) is 15.1 Å². The van der Waals surface area contributed by atoms with Crippen molar-refractivity contribution >= 4 is 45.0 Å². The maximum absolute atomic E-state index is 12.2. The number of halogens is 3. The molecule has 3 nitrogen and oxygen atoms in total. The Morgan fingerprint density at radius 3 is 2.54 bits per heavy atom. The van der Waals surface area contributed by atoms with Gasteiger partial charge < -0.3 is 9.73 Å². The lowest BCUT2D eigenvalue weighted by Gasteiger charge is -2.06. The molecule has 6 heteroatoms. The van der Waals surface area contributed by atoms with E-state index >= 15 is 0 Å². The first-order valence-electron chi connectivity index (χ1n) is 7.11. The Bertz CT molecular complexity index is 875. The van der Waals surface area contributed by atoms with Crippen molar-refractivity contribution < 1.29 is 9.21 Å². The average Bonchev–Trinajstić information content (AvgIpc) is 3.04. The Morgan fingerprint density at radius 1 is 1.04 bits per heavy atom. The smallest absolute Gasteiger partial charge is 0.253 e. The van der Waals surface area contributed by atoms with Gasteiger partial charge in [0.1, 0.15) is 11.5 Å². The van der Waals surface area contributed by atoms with E-state index < -0.39 is 0 Å². The summed E-state index contributed by atoms with van der Waals surface area (Å²) in [5.41, 5.74) is 1.30. The largest absolute Gasteiger partial charge is 0.459 e. The summed E-state index contributed by atoms with van der Waals surface area (Å²) in [6, 6.07) is 16.3. The third-order valence-corrected chi connectivity index (χ3v) is 4.48.